The first-order valence-corrected chi connectivity index (χ1v) is 33.1. The number of hydrogen-bond acceptors (Lipinski definition) is 18. The van der Waals surface area contributed by atoms with E-state index in [2.05, 4.69) is 48.1 Å². The van der Waals surface area contributed by atoms with E-state index in [-0.39, 0.29) is 83.2 Å². The van der Waals surface area contributed by atoms with Gasteiger partial charge in [0.1, 0.15) is 23.1 Å². The van der Waals surface area contributed by atoms with Crippen LogP contribution in [0.2, 0.25) is 0 Å². The van der Waals surface area contributed by atoms with Crippen molar-refractivity contribution in [2.45, 2.75) is 127 Å². The van der Waals surface area contributed by atoms with Crippen LogP contribution < -0.4 is 41.2 Å². The van der Waals surface area contributed by atoms with Gasteiger partial charge in [0.05, 0.1) is 58.5 Å². The third-order valence-electron chi connectivity index (χ3n) is 15.5. The Morgan fingerprint density at radius 2 is 1.39 bits per heavy atom. The molecule has 7 rings (SSSR count). The second kappa shape index (κ2) is 35.1. The molecule has 1 unspecified atom stereocenters. The fourth-order valence-electron chi connectivity index (χ4n) is 10.4. The lowest BCUT2D eigenvalue weighted by molar-refractivity contribution is -0.170. The minimum Gasteiger partial charge on any atom is -0.497 e. The summed E-state index contributed by atoms with van der Waals surface area (Å²) in [7, 11) is 7.61. The SMILES string of the molecule is COC(=O)[C@@H](CCC(=O)NCCCCCCC(=O)NCCSSC(C)CCC(=O)N1C[C@H](O)C[C@H]1COC(c1ccccc1)(c1ccc(OC)cc1)c1ccc(OC)cc1)NC(=O)c1ccc(N(Cc2cnc3nc(NC(=O)C(C)C)[nH]c(=O)c3n2)C(=O)C(F)(F)F)cc1. The van der Waals surface area contributed by atoms with Crippen molar-refractivity contribution in [3.63, 3.8) is 0 Å². The van der Waals surface area contributed by atoms with Crippen molar-refractivity contribution in [2.75, 3.05) is 63.5 Å². The van der Waals surface area contributed by atoms with Gasteiger partial charge in [0, 0.05) is 67.1 Å². The number of aliphatic hydroxyl groups is 1. The number of carbonyl (C=O) groups excluding carboxylic acids is 7. The number of nitrogens with one attached hydrogen (secondary N) is 5. The number of benzene rings is 4. The van der Waals surface area contributed by atoms with Gasteiger partial charge >= 0.3 is 18.1 Å². The Morgan fingerprint density at radius 1 is 0.766 bits per heavy atom. The highest BCUT2D eigenvalue weighted by Crippen LogP contribution is 2.43. The molecular formula is C66H79F3N10O13S2. The number of ether oxygens (including phenoxy) is 4. The molecule has 23 nitrogen and oxygen atoms in total. The van der Waals surface area contributed by atoms with Gasteiger partial charge in [0.15, 0.2) is 11.2 Å². The zero-order valence-corrected chi connectivity index (χ0v) is 54.8. The number of rotatable bonds is 34. The number of unbranched alkanes of at least 4 members (excludes halogenated alkanes) is 3. The zero-order chi connectivity index (χ0) is 68.0. The molecule has 1 saturated heterocycles. The Labute approximate surface area is 550 Å². The van der Waals surface area contributed by atoms with E-state index < -0.39 is 71.5 Å². The summed E-state index contributed by atoms with van der Waals surface area (Å²) in [5, 5.41) is 21.7. The van der Waals surface area contributed by atoms with Gasteiger partial charge < -0.3 is 44.9 Å². The summed E-state index contributed by atoms with van der Waals surface area (Å²) in [6.45, 7) is 5.67. The number of anilines is 2. The monoisotopic (exact) mass is 1340 g/mol. The summed E-state index contributed by atoms with van der Waals surface area (Å²) < 4.78 is 64.6. The molecule has 94 heavy (non-hydrogen) atoms. The van der Waals surface area contributed by atoms with Gasteiger partial charge in [-0.1, -0.05) is 110 Å². The molecule has 1 aliphatic rings. The number of halogens is 3. The normalized spacial score (nSPS) is 14.6. The minimum absolute atomic E-state index is 0.0510. The van der Waals surface area contributed by atoms with Crippen LogP contribution in [0.3, 0.4) is 0 Å². The number of likely N-dealkylation sites (tertiary alicyclic amines) is 1. The number of fused-ring (bicyclic) bond motifs is 1. The topological polar surface area (TPSA) is 303 Å². The van der Waals surface area contributed by atoms with Gasteiger partial charge in [-0.25, -0.2) is 14.8 Å². The van der Waals surface area contributed by atoms with Crippen LogP contribution in [0, 0.1) is 5.92 Å². The molecule has 504 valence electrons. The van der Waals surface area contributed by atoms with E-state index in [1.807, 2.05) is 78.9 Å². The molecule has 1 aliphatic heterocycles. The number of methoxy groups -OCH3 is 3. The standard InChI is InChI=1S/C66H79F3N10O13S2/c1-41(2)59(84)76-64-75-58-57(61(86)77-64)73-47(37-72-58)38-79(63(88)66(67,68)69)48-24-18-43(19-25-48)60(85)74-53(62(87)91-6)30-31-55(82)70-33-13-8-7-12-16-54(81)71-34-35-93-94-42(3)17-32-56(83)78-39-50(80)36-49(78)40-92-65(44-14-10-9-11-15-44,45-20-26-51(89-4)27-21-45)46-22-28-52(90-5)29-23-46/h9-11,14-15,18-29,37,41-42,49-50,53,80H,7-8,12-13,16-17,30-36,38-40H2,1-6H3,(H,70,82)(H,71,81)(H,74,85)(H2,72,75,76,77,84,86)/t42?,49-,50+,53+/m0/s1. The van der Waals surface area contributed by atoms with Gasteiger partial charge in [-0.3, -0.25) is 48.8 Å². The number of carbonyl (C=O) groups is 7. The predicted octanol–water partition coefficient (Wildman–Crippen LogP) is 8.18. The number of amides is 6. The molecule has 1 fully saturated rings. The number of aromatic amines is 1. The fourth-order valence-corrected chi connectivity index (χ4v) is 12.6. The zero-order valence-electron chi connectivity index (χ0n) is 53.1. The van der Waals surface area contributed by atoms with Gasteiger partial charge in [0.25, 0.3) is 11.5 Å². The van der Waals surface area contributed by atoms with Crippen molar-refractivity contribution in [1.82, 2.24) is 40.8 Å². The molecule has 4 atom stereocenters. The summed E-state index contributed by atoms with van der Waals surface area (Å²) in [5.74, 6) is -3.53. The highest BCUT2D eigenvalue weighted by molar-refractivity contribution is 8.76. The number of alkyl halides is 3. The van der Waals surface area contributed by atoms with Gasteiger partial charge in [-0.05, 0) is 97.3 Å². The maximum absolute atomic E-state index is 13.9. The van der Waals surface area contributed by atoms with Crippen LogP contribution in [0.5, 0.6) is 11.5 Å². The minimum atomic E-state index is -5.35. The molecule has 3 heterocycles. The third-order valence-corrected chi connectivity index (χ3v) is 18.4. The maximum Gasteiger partial charge on any atom is 0.471 e. The predicted molar refractivity (Wildman–Crippen MR) is 350 cm³/mol. The van der Waals surface area contributed by atoms with Crippen molar-refractivity contribution < 1.29 is 70.8 Å². The molecular weight excluding hydrogens is 1260 g/mol. The van der Waals surface area contributed by atoms with Crippen LogP contribution in [0.25, 0.3) is 11.2 Å². The average molecular weight is 1340 g/mol. The molecule has 0 spiro atoms. The van der Waals surface area contributed by atoms with Gasteiger partial charge in [-0.15, -0.1) is 0 Å². The molecule has 4 aromatic carbocycles. The summed E-state index contributed by atoms with van der Waals surface area (Å²) >= 11 is 0. The smallest absolute Gasteiger partial charge is 0.471 e. The van der Waals surface area contributed by atoms with E-state index in [0.29, 0.717) is 73.8 Å². The van der Waals surface area contributed by atoms with Crippen LogP contribution in [0.15, 0.2) is 114 Å². The van der Waals surface area contributed by atoms with Crippen molar-refractivity contribution in [2.24, 2.45) is 5.92 Å². The highest BCUT2D eigenvalue weighted by Gasteiger charge is 2.44. The fraction of sp³-hybridized carbons (Fsp3) is 0.439. The molecule has 2 aromatic heterocycles. The van der Waals surface area contributed by atoms with Crippen LogP contribution in [-0.2, 0) is 50.4 Å². The number of hydrogen-bond donors (Lipinski definition) is 6. The summed E-state index contributed by atoms with van der Waals surface area (Å²) in [5.41, 5.74) is -0.541. The molecule has 6 amide bonds. The number of esters is 1. The summed E-state index contributed by atoms with van der Waals surface area (Å²) in [6.07, 6.45) is -0.960. The Bertz CT molecular complexity index is 3540. The lowest BCUT2D eigenvalue weighted by Crippen LogP contribution is -2.42. The van der Waals surface area contributed by atoms with E-state index in [4.69, 9.17) is 18.9 Å². The molecule has 0 bridgehead atoms. The molecule has 0 radical (unpaired) electrons. The number of H-pyrrole nitrogens is 1. The maximum atomic E-state index is 13.9. The average Bonchev–Trinajstić information content (AvgIpc) is 0.845. The van der Waals surface area contributed by atoms with E-state index >= 15 is 0 Å². The summed E-state index contributed by atoms with van der Waals surface area (Å²) in [4.78, 5) is 119. The quantitative estimate of drug-likeness (QED) is 0.00960. The van der Waals surface area contributed by atoms with Crippen molar-refractivity contribution in [3.05, 3.63) is 148 Å². The van der Waals surface area contributed by atoms with Crippen molar-refractivity contribution in [1.29, 1.82) is 0 Å². The van der Waals surface area contributed by atoms with Crippen LogP contribution >= 0.6 is 21.6 Å². The van der Waals surface area contributed by atoms with Crippen LogP contribution in [0.1, 0.15) is 118 Å². The van der Waals surface area contributed by atoms with Gasteiger partial charge in [-0.2, -0.15) is 18.2 Å². The third kappa shape index (κ3) is 20.5. The first kappa shape index (κ1) is 72.8. The number of β-amino-alcohol motifs (C(OH)–C–C–N with tert-alkyl or cyclic N) is 1. The van der Waals surface area contributed by atoms with Gasteiger partial charge in [0.2, 0.25) is 29.6 Å². The summed E-state index contributed by atoms with van der Waals surface area (Å²) in [6, 6.07) is 28.2. The number of aliphatic hydroxyl groups excluding tert-OH is 1. The largest absolute Gasteiger partial charge is 0.497 e. The highest BCUT2D eigenvalue weighted by atomic mass is 33.1. The number of nitrogens with zero attached hydrogens (tertiary/aromatic N) is 5. The van der Waals surface area contributed by atoms with E-state index in [9.17, 15) is 56.6 Å². The Balaban J connectivity index is 0.772. The molecule has 0 saturated carbocycles. The lowest BCUT2D eigenvalue weighted by Gasteiger charge is -2.38. The molecule has 6 N–H and O–H groups in total. The van der Waals surface area contributed by atoms with Crippen LogP contribution in [0.4, 0.5) is 24.8 Å². The van der Waals surface area contributed by atoms with Crippen LogP contribution in [-0.4, -0.2) is 154 Å². The second-order valence-corrected chi connectivity index (χ2v) is 25.6. The molecule has 28 heteroatoms. The van der Waals surface area contributed by atoms with E-state index in [1.165, 1.54) is 0 Å². The van der Waals surface area contributed by atoms with Crippen molar-refractivity contribution in [3.8, 4) is 11.5 Å². The second-order valence-electron chi connectivity index (χ2n) is 22.7. The van der Waals surface area contributed by atoms with E-state index in [0.717, 1.165) is 67.1 Å². The molecule has 6 aromatic rings. The van der Waals surface area contributed by atoms with Crippen molar-refractivity contribution >= 4 is 85.8 Å². The van der Waals surface area contributed by atoms with E-state index in [1.54, 1.807) is 54.6 Å². The Morgan fingerprint density at radius 3 is 2.02 bits per heavy atom. The molecule has 0 aliphatic carbocycles. The Hall–Kier alpha value is -8.60. The first-order valence-electron chi connectivity index (χ1n) is 30.7. The number of aromatic nitrogens is 4. The Kier molecular flexibility index (Phi) is 27.2. The first-order chi connectivity index (χ1) is 45.0. The lowest BCUT2D eigenvalue weighted by atomic mass is 9.80.